The molecule has 1 aromatic rings. The molecule has 5 heteroatoms. The van der Waals surface area contributed by atoms with Gasteiger partial charge in [0, 0.05) is 13.6 Å². The minimum Gasteiger partial charge on any atom is -0.396 e. The summed E-state index contributed by atoms with van der Waals surface area (Å²) in [6, 6.07) is 2.06. The number of hydrogen-bond donors (Lipinski definition) is 1. The Kier molecular flexibility index (Phi) is 3.03. The summed E-state index contributed by atoms with van der Waals surface area (Å²) in [5.74, 6) is 0.587. The summed E-state index contributed by atoms with van der Waals surface area (Å²) in [7, 11) is 1.84. The van der Waals surface area contributed by atoms with Crippen LogP contribution in [0.25, 0.3) is 0 Å². The van der Waals surface area contributed by atoms with Gasteiger partial charge in [-0.3, -0.25) is 0 Å². The van der Waals surface area contributed by atoms with E-state index in [0.717, 1.165) is 0 Å². The van der Waals surface area contributed by atoms with Gasteiger partial charge in [0.25, 0.3) is 0 Å². The quantitative estimate of drug-likeness (QED) is 0.723. The Balaban J connectivity index is 2.62. The molecular formula is C8H11N5. The molecule has 0 aliphatic carbocycles. The van der Waals surface area contributed by atoms with Crippen LogP contribution in [-0.2, 0) is 0 Å². The van der Waals surface area contributed by atoms with Gasteiger partial charge in [-0.1, -0.05) is 0 Å². The van der Waals surface area contributed by atoms with Crippen molar-refractivity contribution < 1.29 is 0 Å². The van der Waals surface area contributed by atoms with E-state index in [2.05, 4.69) is 16.0 Å². The molecule has 0 fully saturated rings. The van der Waals surface area contributed by atoms with Gasteiger partial charge in [0.2, 0.25) is 5.95 Å². The molecule has 1 heterocycles. The summed E-state index contributed by atoms with van der Waals surface area (Å²) >= 11 is 0. The molecule has 0 amide bonds. The normalized spacial score (nSPS) is 9.23. The fourth-order valence-corrected chi connectivity index (χ4v) is 0.846. The molecule has 0 spiro atoms. The van der Waals surface area contributed by atoms with E-state index in [-0.39, 0.29) is 0 Å². The second-order valence-corrected chi connectivity index (χ2v) is 2.65. The Bertz CT molecular complexity index is 299. The molecule has 0 saturated carbocycles. The first-order valence-corrected chi connectivity index (χ1v) is 3.89. The fourth-order valence-electron chi connectivity index (χ4n) is 0.846. The summed E-state index contributed by atoms with van der Waals surface area (Å²) in [6.07, 6.45) is 3.56. The summed E-state index contributed by atoms with van der Waals surface area (Å²) in [5, 5.41) is 8.37. The SMILES string of the molecule is CN(CCC#N)c1ncc(N)cn1. The van der Waals surface area contributed by atoms with Crippen molar-refractivity contribution in [3.8, 4) is 6.07 Å². The molecule has 13 heavy (non-hydrogen) atoms. The van der Waals surface area contributed by atoms with E-state index in [9.17, 15) is 0 Å². The predicted octanol–water partition coefficient (Wildman–Crippen LogP) is 0.409. The molecule has 0 saturated heterocycles. The average molecular weight is 177 g/mol. The van der Waals surface area contributed by atoms with E-state index >= 15 is 0 Å². The number of nitrogen functional groups attached to an aromatic ring is 1. The molecule has 0 unspecified atom stereocenters. The Morgan fingerprint density at radius 3 is 2.69 bits per heavy atom. The highest BCUT2D eigenvalue weighted by Crippen LogP contribution is 2.05. The van der Waals surface area contributed by atoms with Crippen molar-refractivity contribution in [1.29, 1.82) is 5.26 Å². The van der Waals surface area contributed by atoms with Crippen LogP contribution in [0.3, 0.4) is 0 Å². The fraction of sp³-hybridized carbons (Fsp3) is 0.375. The Morgan fingerprint density at radius 2 is 2.15 bits per heavy atom. The van der Waals surface area contributed by atoms with Crippen molar-refractivity contribution in [2.45, 2.75) is 6.42 Å². The molecule has 0 aliphatic heterocycles. The minimum atomic E-state index is 0.463. The number of nitrogens with zero attached hydrogens (tertiary/aromatic N) is 4. The summed E-state index contributed by atoms with van der Waals surface area (Å²) < 4.78 is 0. The second-order valence-electron chi connectivity index (χ2n) is 2.65. The topological polar surface area (TPSA) is 78.8 Å². The van der Waals surface area contributed by atoms with E-state index in [1.165, 1.54) is 0 Å². The van der Waals surface area contributed by atoms with Crippen LogP contribution in [0.2, 0.25) is 0 Å². The van der Waals surface area contributed by atoms with Gasteiger partial charge in [0.1, 0.15) is 0 Å². The van der Waals surface area contributed by atoms with Crippen LogP contribution in [0.1, 0.15) is 6.42 Å². The molecule has 68 valence electrons. The third-order valence-electron chi connectivity index (χ3n) is 1.56. The molecule has 0 aromatic carbocycles. The van der Waals surface area contributed by atoms with Crippen molar-refractivity contribution in [2.24, 2.45) is 0 Å². The zero-order valence-corrected chi connectivity index (χ0v) is 7.44. The number of nitriles is 1. The van der Waals surface area contributed by atoms with Gasteiger partial charge in [-0.15, -0.1) is 0 Å². The van der Waals surface area contributed by atoms with Crippen molar-refractivity contribution >= 4 is 11.6 Å². The van der Waals surface area contributed by atoms with Gasteiger partial charge in [-0.05, 0) is 0 Å². The Morgan fingerprint density at radius 1 is 1.54 bits per heavy atom. The van der Waals surface area contributed by atoms with Crippen molar-refractivity contribution in [3.05, 3.63) is 12.4 Å². The zero-order valence-electron chi connectivity index (χ0n) is 7.44. The standard InChI is InChI=1S/C8H11N5/c1-13(4-2-3-9)8-11-5-7(10)6-12-8/h5-6H,2,4,10H2,1H3. The maximum atomic E-state index is 8.37. The van der Waals surface area contributed by atoms with Gasteiger partial charge in [0.05, 0.1) is 30.6 Å². The number of anilines is 2. The minimum absolute atomic E-state index is 0.463. The molecule has 1 rings (SSSR count). The van der Waals surface area contributed by atoms with E-state index in [4.69, 9.17) is 11.0 Å². The maximum absolute atomic E-state index is 8.37. The van der Waals surface area contributed by atoms with Crippen LogP contribution < -0.4 is 10.6 Å². The van der Waals surface area contributed by atoms with Gasteiger partial charge >= 0.3 is 0 Å². The largest absolute Gasteiger partial charge is 0.396 e. The molecule has 0 radical (unpaired) electrons. The highest BCUT2D eigenvalue weighted by molar-refractivity contribution is 5.37. The molecule has 5 nitrogen and oxygen atoms in total. The van der Waals surface area contributed by atoms with Crippen molar-refractivity contribution in [2.75, 3.05) is 24.2 Å². The van der Waals surface area contributed by atoms with E-state index in [1.807, 2.05) is 11.9 Å². The van der Waals surface area contributed by atoms with Crippen LogP contribution in [-0.4, -0.2) is 23.6 Å². The summed E-state index contributed by atoms with van der Waals surface area (Å²) in [6.45, 7) is 0.625. The Hall–Kier alpha value is -1.83. The number of rotatable bonds is 3. The molecule has 0 atom stereocenters. The van der Waals surface area contributed by atoms with E-state index in [1.54, 1.807) is 12.4 Å². The van der Waals surface area contributed by atoms with Crippen LogP contribution in [0, 0.1) is 11.3 Å². The smallest absolute Gasteiger partial charge is 0.225 e. The monoisotopic (exact) mass is 177 g/mol. The molecule has 2 N–H and O–H groups in total. The van der Waals surface area contributed by atoms with Gasteiger partial charge in [-0.2, -0.15) is 5.26 Å². The first-order chi connectivity index (χ1) is 6.24. The highest BCUT2D eigenvalue weighted by Gasteiger charge is 2.01. The third kappa shape index (κ3) is 2.60. The number of hydrogen-bond acceptors (Lipinski definition) is 5. The maximum Gasteiger partial charge on any atom is 0.225 e. The zero-order chi connectivity index (χ0) is 9.68. The van der Waals surface area contributed by atoms with Crippen LogP contribution >= 0.6 is 0 Å². The lowest BCUT2D eigenvalue weighted by Crippen LogP contribution is -2.20. The highest BCUT2D eigenvalue weighted by atomic mass is 15.2. The lowest BCUT2D eigenvalue weighted by Gasteiger charge is -2.14. The van der Waals surface area contributed by atoms with Crippen molar-refractivity contribution in [3.63, 3.8) is 0 Å². The first-order valence-electron chi connectivity index (χ1n) is 3.89. The van der Waals surface area contributed by atoms with Crippen molar-refractivity contribution in [1.82, 2.24) is 9.97 Å². The van der Waals surface area contributed by atoms with E-state index in [0.29, 0.717) is 24.6 Å². The molecule has 0 bridgehead atoms. The Labute approximate surface area is 76.8 Å². The van der Waals surface area contributed by atoms with Gasteiger partial charge in [0.15, 0.2) is 0 Å². The average Bonchev–Trinajstić information content (AvgIpc) is 2.15. The molecular weight excluding hydrogens is 166 g/mol. The van der Waals surface area contributed by atoms with Crippen LogP contribution in [0.5, 0.6) is 0 Å². The van der Waals surface area contributed by atoms with Gasteiger partial charge < -0.3 is 10.6 Å². The summed E-state index contributed by atoms with van der Waals surface area (Å²) in [5.41, 5.74) is 5.97. The molecule has 1 aromatic heterocycles. The lowest BCUT2D eigenvalue weighted by molar-refractivity contribution is 0.859. The number of nitrogens with two attached hydrogens (primary N) is 1. The lowest BCUT2D eigenvalue weighted by atomic mass is 10.4. The summed E-state index contributed by atoms with van der Waals surface area (Å²) in [4.78, 5) is 9.83. The molecule has 0 aliphatic rings. The predicted molar refractivity (Wildman–Crippen MR) is 49.9 cm³/mol. The third-order valence-corrected chi connectivity index (χ3v) is 1.56. The first kappa shape index (κ1) is 9.26. The van der Waals surface area contributed by atoms with Crippen LogP contribution in [0.15, 0.2) is 12.4 Å². The second kappa shape index (κ2) is 4.26. The van der Waals surface area contributed by atoms with Gasteiger partial charge in [-0.25, -0.2) is 9.97 Å². The van der Waals surface area contributed by atoms with E-state index < -0.39 is 0 Å². The number of aromatic nitrogens is 2. The van der Waals surface area contributed by atoms with Crippen LogP contribution in [0.4, 0.5) is 11.6 Å².